The third-order valence-corrected chi connectivity index (χ3v) is 2.84. The fourth-order valence-corrected chi connectivity index (χ4v) is 1.97. The number of fused-ring (bicyclic) bond motifs is 1. The molecule has 0 unspecified atom stereocenters. The smallest absolute Gasteiger partial charge is 0.350 e. The Bertz CT molecular complexity index is 553. The van der Waals surface area contributed by atoms with Gasteiger partial charge in [-0.15, -0.1) is 5.10 Å². The van der Waals surface area contributed by atoms with Crippen LogP contribution >= 0.6 is 0 Å². The Labute approximate surface area is 91.5 Å². The summed E-state index contributed by atoms with van der Waals surface area (Å²) in [5.74, 6) is 0.399. The first-order valence-electron chi connectivity index (χ1n) is 5.31. The minimum atomic E-state index is -0.107. The molecular weight excluding hydrogens is 208 g/mol. The second kappa shape index (κ2) is 3.71. The fraction of sp³-hybridized carbons (Fsp3) is 0.500. The lowest BCUT2D eigenvalue weighted by Crippen LogP contribution is -2.25. The first-order valence-corrected chi connectivity index (χ1v) is 5.31. The minimum Gasteiger partial charge on any atom is -0.381 e. The third-order valence-electron chi connectivity index (χ3n) is 2.84. The summed E-state index contributed by atoms with van der Waals surface area (Å²) in [5.41, 5.74) is 0.482. The van der Waals surface area contributed by atoms with Crippen LogP contribution in [0.5, 0.6) is 0 Å². The molecule has 1 aliphatic heterocycles. The Morgan fingerprint density at radius 2 is 2.50 bits per heavy atom. The molecule has 6 nitrogen and oxygen atoms in total. The second-order valence-corrected chi connectivity index (χ2v) is 4.00. The number of hydrogen-bond donors (Lipinski definition) is 0. The summed E-state index contributed by atoms with van der Waals surface area (Å²) in [6, 6.07) is 0. The summed E-state index contributed by atoms with van der Waals surface area (Å²) >= 11 is 0. The summed E-state index contributed by atoms with van der Waals surface area (Å²) in [7, 11) is 0. The van der Waals surface area contributed by atoms with Crippen molar-refractivity contribution < 1.29 is 4.74 Å². The maximum atomic E-state index is 11.9. The topological polar surface area (TPSA) is 61.4 Å². The molecule has 2 aromatic rings. The predicted molar refractivity (Wildman–Crippen MR) is 56.2 cm³/mol. The summed E-state index contributed by atoms with van der Waals surface area (Å²) < 4.78 is 8.28. The van der Waals surface area contributed by atoms with E-state index >= 15 is 0 Å². The summed E-state index contributed by atoms with van der Waals surface area (Å²) in [5, 5.41) is 4.22. The molecule has 84 valence electrons. The molecule has 0 spiro atoms. The average molecular weight is 220 g/mol. The van der Waals surface area contributed by atoms with Crippen molar-refractivity contribution in [1.82, 2.24) is 19.2 Å². The number of hydrogen-bond acceptors (Lipinski definition) is 4. The first-order chi connectivity index (χ1) is 7.84. The van der Waals surface area contributed by atoms with Crippen LogP contribution in [0.3, 0.4) is 0 Å². The summed E-state index contributed by atoms with van der Waals surface area (Å²) in [6.45, 7) is 2.13. The maximum Gasteiger partial charge on any atom is 0.350 e. The minimum absolute atomic E-state index is 0.107. The van der Waals surface area contributed by atoms with Gasteiger partial charge in [-0.05, 0) is 6.42 Å². The Hall–Kier alpha value is -1.69. The monoisotopic (exact) mass is 220 g/mol. The van der Waals surface area contributed by atoms with E-state index in [-0.39, 0.29) is 5.69 Å². The van der Waals surface area contributed by atoms with Gasteiger partial charge in [0.2, 0.25) is 0 Å². The fourth-order valence-electron chi connectivity index (χ4n) is 1.97. The molecule has 3 heterocycles. The highest BCUT2D eigenvalue weighted by molar-refractivity contribution is 5.31. The number of nitrogens with zero attached hydrogens (tertiary/aromatic N) is 4. The van der Waals surface area contributed by atoms with E-state index in [0.717, 1.165) is 19.6 Å². The standard InChI is InChI=1S/C10H12N4O2/c15-10-13-3-2-11-5-9(13)12-14(10)6-8-1-4-16-7-8/h2-3,5,8H,1,4,6-7H2/t8-/m1/s1. The van der Waals surface area contributed by atoms with Gasteiger partial charge in [-0.25, -0.2) is 13.9 Å². The highest BCUT2D eigenvalue weighted by Gasteiger charge is 2.18. The Kier molecular flexibility index (Phi) is 2.21. The zero-order chi connectivity index (χ0) is 11.0. The number of aromatic nitrogens is 4. The quantitative estimate of drug-likeness (QED) is 0.710. The molecule has 1 atom stereocenters. The van der Waals surface area contributed by atoms with E-state index in [1.807, 2.05) is 0 Å². The van der Waals surface area contributed by atoms with Crippen LogP contribution in [0.2, 0.25) is 0 Å². The van der Waals surface area contributed by atoms with Crippen molar-refractivity contribution in [3.05, 3.63) is 29.1 Å². The zero-order valence-corrected chi connectivity index (χ0v) is 8.74. The van der Waals surface area contributed by atoms with Gasteiger partial charge in [0.15, 0.2) is 5.65 Å². The Morgan fingerprint density at radius 1 is 1.56 bits per heavy atom. The van der Waals surface area contributed by atoms with Crippen LogP contribution in [0.25, 0.3) is 5.65 Å². The largest absolute Gasteiger partial charge is 0.381 e. The van der Waals surface area contributed by atoms with Crippen molar-refractivity contribution in [2.24, 2.45) is 5.92 Å². The summed E-state index contributed by atoms with van der Waals surface area (Å²) in [6.07, 6.45) is 5.80. The van der Waals surface area contributed by atoms with Gasteiger partial charge in [0.25, 0.3) is 0 Å². The zero-order valence-electron chi connectivity index (χ0n) is 8.74. The molecule has 0 amide bonds. The van der Waals surface area contributed by atoms with Crippen LogP contribution < -0.4 is 5.69 Å². The highest BCUT2D eigenvalue weighted by atomic mass is 16.5. The molecule has 1 aliphatic rings. The molecule has 0 saturated carbocycles. The van der Waals surface area contributed by atoms with Crippen LogP contribution in [0.4, 0.5) is 0 Å². The van der Waals surface area contributed by atoms with Crippen molar-refractivity contribution in [2.75, 3.05) is 13.2 Å². The van der Waals surface area contributed by atoms with Gasteiger partial charge in [0.1, 0.15) is 0 Å². The van der Waals surface area contributed by atoms with Crippen molar-refractivity contribution >= 4 is 5.65 Å². The van der Waals surface area contributed by atoms with E-state index in [1.165, 1.54) is 9.08 Å². The number of rotatable bonds is 2. The SMILES string of the molecule is O=c1n(C[C@H]2CCOC2)nc2cnccn12. The van der Waals surface area contributed by atoms with Gasteiger partial charge >= 0.3 is 5.69 Å². The van der Waals surface area contributed by atoms with Gasteiger partial charge in [-0.2, -0.15) is 0 Å². The van der Waals surface area contributed by atoms with E-state index in [2.05, 4.69) is 10.1 Å². The molecule has 1 saturated heterocycles. The molecule has 0 N–H and O–H groups in total. The normalized spacial score (nSPS) is 20.6. The lowest BCUT2D eigenvalue weighted by atomic mass is 10.1. The third kappa shape index (κ3) is 1.51. The van der Waals surface area contributed by atoms with E-state index in [4.69, 9.17) is 4.74 Å². The number of ether oxygens (including phenoxy) is 1. The molecular formula is C10H12N4O2. The van der Waals surface area contributed by atoms with Gasteiger partial charge in [0.05, 0.1) is 19.3 Å². The van der Waals surface area contributed by atoms with Gasteiger partial charge in [-0.1, -0.05) is 0 Å². The predicted octanol–water partition coefficient (Wildman–Crippen LogP) is -0.0725. The van der Waals surface area contributed by atoms with E-state index in [1.54, 1.807) is 18.6 Å². The highest BCUT2D eigenvalue weighted by Crippen LogP contribution is 2.13. The molecule has 1 fully saturated rings. The van der Waals surface area contributed by atoms with Crippen molar-refractivity contribution in [3.8, 4) is 0 Å². The molecule has 2 aromatic heterocycles. The van der Waals surface area contributed by atoms with Crippen molar-refractivity contribution in [1.29, 1.82) is 0 Å². The van der Waals surface area contributed by atoms with Crippen molar-refractivity contribution in [3.63, 3.8) is 0 Å². The average Bonchev–Trinajstić information content (AvgIpc) is 2.90. The van der Waals surface area contributed by atoms with E-state index in [9.17, 15) is 4.79 Å². The molecule has 3 rings (SSSR count). The van der Waals surface area contributed by atoms with Crippen LogP contribution in [-0.4, -0.2) is 32.4 Å². The second-order valence-electron chi connectivity index (χ2n) is 4.00. The summed E-state index contributed by atoms with van der Waals surface area (Å²) in [4.78, 5) is 15.8. The molecule has 16 heavy (non-hydrogen) atoms. The Morgan fingerprint density at radius 3 is 3.25 bits per heavy atom. The van der Waals surface area contributed by atoms with Crippen LogP contribution in [0.1, 0.15) is 6.42 Å². The lowest BCUT2D eigenvalue weighted by Gasteiger charge is -2.04. The van der Waals surface area contributed by atoms with Crippen LogP contribution in [0, 0.1) is 5.92 Å². The van der Waals surface area contributed by atoms with Gasteiger partial charge in [0, 0.05) is 24.9 Å². The van der Waals surface area contributed by atoms with Gasteiger partial charge < -0.3 is 4.74 Å². The Balaban J connectivity index is 1.97. The molecule has 0 bridgehead atoms. The van der Waals surface area contributed by atoms with Gasteiger partial charge in [-0.3, -0.25) is 4.98 Å². The first kappa shape index (κ1) is 9.53. The van der Waals surface area contributed by atoms with E-state index < -0.39 is 0 Å². The van der Waals surface area contributed by atoms with Crippen molar-refractivity contribution in [2.45, 2.75) is 13.0 Å². The molecule has 0 radical (unpaired) electrons. The molecule has 6 heteroatoms. The van der Waals surface area contributed by atoms with Crippen LogP contribution in [0.15, 0.2) is 23.4 Å². The van der Waals surface area contributed by atoms with E-state index in [0.29, 0.717) is 18.1 Å². The maximum absolute atomic E-state index is 11.9. The molecule has 0 aromatic carbocycles. The lowest BCUT2D eigenvalue weighted by molar-refractivity contribution is 0.181. The van der Waals surface area contributed by atoms with Crippen LogP contribution in [-0.2, 0) is 11.3 Å². The molecule has 0 aliphatic carbocycles.